The molecule has 0 spiro atoms. The molecule has 1 aliphatic heterocycles. The van der Waals surface area contributed by atoms with Crippen molar-refractivity contribution in [2.75, 3.05) is 13.6 Å². The van der Waals surface area contributed by atoms with E-state index >= 15 is 0 Å². The smallest absolute Gasteiger partial charge is 0.410 e. The fourth-order valence-electron chi connectivity index (χ4n) is 4.05. The van der Waals surface area contributed by atoms with Gasteiger partial charge < -0.3 is 20.3 Å². The van der Waals surface area contributed by atoms with Gasteiger partial charge in [-0.3, -0.25) is 4.79 Å². The Morgan fingerprint density at radius 2 is 1.88 bits per heavy atom. The molecule has 0 bridgehead atoms. The first-order valence-electron chi connectivity index (χ1n) is 9.20. The second-order valence-corrected chi connectivity index (χ2v) is 8.09. The summed E-state index contributed by atoms with van der Waals surface area (Å²) in [5.41, 5.74) is -0.467. The maximum atomic E-state index is 12.5. The number of ether oxygens (including phenoxy) is 1. The zero-order valence-corrected chi connectivity index (χ0v) is 15.7. The van der Waals surface area contributed by atoms with Gasteiger partial charge in [0.2, 0.25) is 5.91 Å². The average Bonchev–Trinajstić information content (AvgIpc) is 3.12. The van der Waals surface area contributed by atoms with Crippen LogP contribution in [0.25, 0.3) is 0 Å². The van der Waals surface area contributed by atoms with Crippen molar-refractivity contribution < 1.29 is 14.3 Å². The molecule has 0 aromatic rings. The van der Waals surface area contributed by atoms with Gasteiger partial charge in [0.05, 0.1) is 6.04 Å². The molecule has 2 fully saturated rings. The van der Waals surface area contributed by atoms with Crippen molar-refractivity contribution in [2.24, 2.45) is 5.92 Å². The van der Waals surface area contributed by atoms with Gasteiger partial charge >= 0.3 is 6.09 Å². The molecule has 2 rings (SSSR count). The van der Waals surface area contributed by atoms with E-state index in [2.05, 4.69) is 10.6 Å². The Balaban J connectivity index is 2.02. The highest BCUT2D eigenvalue weighted by Crippen LogP contribution is 2.36. The summed E-state index contributed by atoms with van der Waals surface area (Å²) in [5, 5.41) is 6.16. The number of hydrogen-bond donors (Lipinski definition) is 2. The predicted molar refractivity (Wildman–Crippen MR) is 93.8 cm³/mol. The number of carbonyl (C=O) groups excluding carboxylic acids is 2. The normalized spacial score (nSPS) is 28.7. The molecule has 24 heavy (non-hydrogen) atoms. The lowest BCUT2D eigenvalue weighted by Crippen LogP contribution is -2.51. The van der Waals surface area contributed by atoms with Gasteiger partial charge in [0, 0.05) is 25.7 Å². The van der Waals surface area contributed by atoms with Gasteiger partial charge in [-0.05, 0) is 59.3 Å². The van der Waals surface area contributed by atoms with Crippen LogP contribution >= 0.6 is 0 Å². The number of rotatable bonds is 4. The molecule has 0 radical (unpaired) electrons. The molecule has 2 amide bonds. The van der Waals surface area contributed by atoms with Crippen molar-refractivity contribution in [1.29, 1.82) is 0 Å². The molecule has 1 aliphatic carbocycles. The molecule has 1 saturated heterocycles. The minimum absolute atomic E-state index is 0.0103. The van der Waals surface area contributed by atoms with Crippen molar-refractivity contribution in [1.82, 2.24) is 15.5 Å². The standard InChI is InChI=1S/C18H33N3O3/c1-12(16(22)19-5)20-14-9-6-8-13(14)15-10-7-11-21(15)17(23)24-18(2,3)4/h12-15,20H,6-11H2,1-5H3,(H,19,22). The number of amides is 2. The molecule has 0 aromatic heterocycles. The van der Waals surface area contributed by atoms with E-state index in [-0.39, 0.29) is 30.1 Å². The number of nitrogens with one attached hydrogen (secondary N) is 2. The van der Waals surface area contributed by atoms with E-state index in [0.29, 0.717) is 5.92 Å². The maximum Gasteiger partial charge on any atom is 0.410 e. The number of likely N-dealkylation sites (tertiary alicyclic amines) is 1. The lowest BCUT2D eigenvalue weighted by molar-refractivity contribution is -0.122. The van der Waals surface area contributed by atoms with Crippen molar-refractivity contribution in [2.45, 2.75) is 83.5 Å². The van der Waals surface area contributed by atoms with Crippen LogP contribution in [0.15, 0.2) is 0 Å². The molecular weight excluding hydrogens is 306 g/mol. The van der Waals surface area contributed by atoms with Crippen LogP contribution in [-0.4, -0.2) is 54.2 Å². The molecule has 4 unspecified atom stereocenters. The highest BCUT2D eigenvalue weighted by atomic mass is 16.6. The Morgan fingerprint density at radius 3 is 2.50 bits per heavy atom. The minimum atomic E-state index is -0.467. The van der Waals surface area contributed by atoms with Crippen LogP contribution in [0.5, 0.6) is 0 Å². The average molecular weight is 339 g/mol. The highest BCUT2D eigenvalue weighted by Gasteiger charge is 2.42. The SMILES string of the molecule is CNC(=O)C(C)NC1CCCC1C1CCCN1C(=O)OC(C)(C)C. The zero-order chi connectivity index (χ0) is 17.9. The molecule has 4 atom stereocenters. The second-order valence-electron chi connectivity index (χ2n) is 8.09. The number of hydrogen-bond acceptors (Lipinski definition) is 4. The Morgan fingerprint density at radius 1 is 1.17 bits per heavy atom. The third kappa shape index (κ3) is 4.62. The van der Waals surface area contributed by atoms with E-state index in [0.717, 1.165) is 38.6 Å². The fraction of sp³-hybridized carbons (Fsp3) is 0.889. The first kappa shape index (κ1) is 19.0. The van der Waals surface area contributed by atoms with Gasteiger partial charge in [0.15, 0.2) is 0 Å². The van der Waals surface area contributed by atoms with E-state index in [1.54, 1.807) is 7.05 Å². The lowest BCUT2D eigenvalue weighted by Gasteiger charge is -2.35. The van der Waals surface area contributed by atoms with Crippen molar-refractivity contribution >= 4 is 12.0 Å². The van der Waals surface area contributed by atoms with Crippen LogP contribution in [0.3, 0.4) is 0 Å². The Kier molecular flexibility index (Phi) is 6.12. The number of likely N-dealkylation sites (N-methyl/N-ethyl adjacent to an activating group) is 1. The van der Waals surface area contributed by atoms with Crippen molar-refractivity contribution in [3.63, 3.8) is 0 Å². The summed E-state index contributed by atoms with van der Waals surface area (Å²) < 4.78 is 5.59. The van der Waals surface area contributed by atoms with Gasteiger partial charge in [-0.25, -0.2) is 4.79 Å². The third-order valence-corrected chi connectivity index (χ3v) is 5.09. The van der Waals surface area contributed by atoms with E-state index in [4.69, 9.17) is 4.74 Å². The molecule has 2 aliphatic rings. The Bertz CT molecular complexity index is 461. The van der Waals surface area contributed by atoms with Crippen LogP contribution in [0.4, 0.5) is 4.79 Å². The van der Waals surface area contributed by atoms with E-state index in [1.807, 2.05) is 32.6 Å². The van der Waals surface area contributed by atoms with Crippen LogP contribution in [-0.2, 0) is 9.53 Å². The third-order valence-electron chi connectivity index (χ3n) is 5.09. The molecular formula is C18H33N3O3. The van der Waals surface area contributed by atoms with Crippen molar-refractivity contribution in [3.8, 4) is 0 Å². The highest BCUT2D eigenvalue weighted by molar-refractivity contribution is 5.81. The van der Waals surface area contributed by atoms with E-state index in [1.165, 1.54) is 0 Å². The topological polar surface area (TPSA) is 70.7 Å². The molecule has 138 valence electrons. The summed E-state index contributed by atoms with van der Waals surface area (Å²) in [4.78, 5) is 26.2. The molecule has 1 heterocycles. The van der Waals surface area contributed by atoms with Crippen LogP contribution in [0.1, 0.15) is 59.8 Å². The van der Waals surface area contributed by atoms with Crippen LogP contribution < -0.4 is 10.6 Å². The van der Waals surface area contributed by atoms with Crippen LogP contribution in [0.2, 0.25) is 0 Å². The first-order chi connectivity index (χ1) is 11.2. The predicted octanol–water partition coefficient (Wildman–Crippen LogP) is 2.28. The maximum absolute atomic E-state index is 12.5. The summed E-state index contributed by atoms with van der Waals surface area (Å²) in [5.74, 6) is 0.406. The molecule has 1 saturated carbocycles. The number of carbonyl (C=O) groups is 2. The minimum Gasteiger partial charge on any atom is -0.444 e. The second kappa shape index (κ2) is 7.72. The van der Waals surface area contributed by atoms with Crippen molar-refractivity contribution in [3.05, 3.63) is 0 Å². The summed E-state index contributed by atoms with van der Waals surface area (Å²) >= 11 is 0. The molecule has 6 heteroatoms. The number of nitrogens with zero attached hydrogens (tertiary/aromatic N) is 1. The summed E-state index contributed by atoms with van der Waals surface area (Å²) in [6, 6.07) is 0.291. The van der Waals surface area contributed by atoms with Gasteiger partial charge in [-0.1, -0.05) is 6.42 Å². The van der Waals surface area contributed by atoms with Gasteiger partial charge in [-0.2, -0.15) is 0 Å². The molecule has 2 N–H and O–H groups in total. The monoisotopic (exact) mass is 339 g/mol. The van der Waals surface area contributed by atoms with Gasteiger partial charge in [-0.15, -0.1) is 0 Å². The molecule has 6 nitrogen and oxygen atoms in total. The first-order valence-corrected chi connectivity index (χ1v) is 9.20. The van der Waals surface area contributed by atoms with E-state index < -0.39 is 5.60 Å². The van der Waals surface area contributed by atoms with Gasteiger partial charge in [0.1, 0.15) is 5.60 Å². The Hall–Kier alpha value is -1.30. The van der Waals surface area contributed by atoms with Gasteiger partial charge in [0.25, 0.3) is 0 Å². The summed E-state index contributed by atoms with van der Waals surface area (Å²) in [7, 11) is 1.66. The summed E-state index contributed by atoms with van der Waals surface area (Å²) in [6.45, 7) is 8.38. The molecule has 0 aromatic carbocycles. The lowest BCUT2D eigenvalue weighted by atomic mass is 9.92. The fourth-order valence-corrected chi connectivity index (χ4v) is 4.05. The largest absolute Gasteiger partial charge is 0.444 e. The Labute approximate surface area is 145 Å². The zero-order valence-electron chi connectivity index (χ0n) is 15.7. The van der Waals surface area contributed by atoms with E-state index in [9.17, 15) is 9.59 Å². The summed E-state index contributed by atoms with van der Waals surface area (Å²) in [6.07, 6.45) is 5.15. The van der Waals surface area contributed by atoms with Crippen LogP contribution in [0, 0.1) is 5.92 Å². The quantitative estimate of drug-likeness (QED) is 0.824.